The normalized spacial score (nSPS) is 8.00. The van der Waals surface area contributed by atoms with Crippen LogP contribution in [-0.4, -0.2) is 7.18 Å². The molecule has 0 bridgehead atoms. The molecule has 2 rings (SSSR count). The van der Waals surface area contributed by atoms with Crippen LogP contribution in [0.15, 0.2) is 60.7 Å². The fraction of sp³-hybridized carbons (Fsp3) is 0.200. The van der Waals surface area contributed by atoms with Gasteiger partial charge in [0.05, 0.1) is 7.18 Å². The van der Waals surface area contributed by atoms with Crippen LogP contribution in [0.3, 0.4) is 0 Å². The molecule has 0 unspecified atom stereocenters. The van der Waals surface area contributed by atoms with Gasteiger partial charge in [0, 0.05) is 0 Å². The van der Waals surface area contributed by atoms with E-state index in [0.29, 0.717) is 7.18 Å². The second kappa shape index (κ2) is 10.7. The molecular weight excluding hydrogens is 215 g/mol. The van der Waals surface area contributed by atoms with E-state index in [1.54, 1.807) is 0 Å². The first-order chi connectivity index (χ1) is 8.45. The van der Waals surface area contributed by atoms with Gasteiger partial charge in [-0.05, 0) is 24.3 Å². The van der Waals surface area contributed by atoms with Crippen molar-refractivity contribution in [1.29, 1.82) is 0 Å². The third-order valence-electron chi connectivity index (χ3n) is 1.72. The Hall–Kier alpha value is -1.83. The largest absolute Gasteiger partial charge is 0.457 e. The molecule has 2 aromatic rings. The van der Waals surface area contributed by atoms with Gasteiger partial charge in [-0.1, -0.05) is 50.2 Å². The third-order valence-corrected chi connectivity index (χ3v) is 1.72. The minimum atomic E-state index is 0.500. The molecule has 0 saturated heterocycles. The van der Waals surface area contributed by atoms with Gasteiger partial charge in [0.1, 0.15) is 11.5 Å². The second-order valence-corrected chi connectivity index (χ2v) is 2.73. The SMILES string of the molecule is CC.CF.c1ccc(Oc2ccccc2)cc1. The van der Waals surface area contributed by atoms with Gasteiger partial charge in [-0.3, -0.25) is 4.39 Å². The fourth-order valence-corrected chi connectivity index (χ4v) is 1.11. The zero-order valence-electron chi connectivity index (χ0n) is 10.6. The van der Waals surface area contributed by atoms with E-state index < -0.39 is 0 Å². The molecule has 0 N–H and O–H groups in total. The van der Waals surface area contributed by atoms with Crippen molar-refractivity contribution in [2.24, 2.45) is 0 Å². The van der Waals surface area contributed by atoms with E-state index in [1.165, 1.54) is 0 Å². The van der Waals surface area contributed by atoms with Crippen molar-refractivity contribution in [3.63, 3.8) is 0 Å². The van der Waals surface area contributed by atoms with Crippen molar-refractivity contribution in [1.82, 2.24) is 0 Å². The summed E-state index contributed by atoms with van der Waals surface area (Å²) in [6, 6.07) is 19.5. The molecule has 2 heteroatoms. The van der Waals surface area contributed by atoms with Crippen LogP contribution in [0, 0.1) is 0 Å². The molecule has 92 valence electrons. The van der Waals surface area contributed by atoms with Crippen LogP contribution in [0.5, 0.6) is 11.5 Å². The number of ether oxygens (including phenoxy) is 1. The summed E-state index contributed by atoms with van der Waals surface area (Å²) in [4.78, 5) is 0. The lowest BCUT2D eigenvalue weighted by Crippen LogP contribution is -1.81. The van der Waals surface area contributed by atoms with E-state index in [0.717, 1.165) is 11.5 Å². The Morgan fingerprint density at radius 3 is 1.24 bits per heavy atom. The number of alkyl halides is 1. The molecule has 0 aromatic heterocycles. The molecule has 0 fully saturated rings. The summed E-state index contributed by atoms with van der Waals surface area (Å²) >= 11 is 0. The van der Waals surface area contributed by atoms with Crippen LogP contribution in [-0.2, 0) is 0 Å². The van der Waals surface area contributed by atoms with Gasteiger partial charge < -0.3 is 4.74 Å². The first-order valence-corrected chi connectivity index (χ1v) is 5.61. The lowest BCUT2D eigenvalue weighted by molar-refractivity contribution is 0.482. The van der Waals surface area contributed by atoms with Gasteiger partial charge in [-0.15, -0.1) is 0 Å². The molecule has 0 amide bonds. The average Bonchev–Trinajstić information content (AvgIpc) is 2.45. The van der Waals surface area contributed by atoms with Crippen molar-refractivity contribution in [2.45, 2.75) is 13.8 Å². The number of para-hydroxylation sites is 2. The molecule has 17 heavy (non-hydrogen) atoms. The molecule has 0 aliphatic heterocycles. The number of rotatable bonds is 2. The summed E-state index contributed by atoms with van der Waals surface area (Å²) in [6.07, 6.45) is 0. The Balaban J connectivity index is 0.000000581. The predicted octanol–water partition coefficient (Wildman–Crippen LogP) is 5.09. The van der Waals surface area contributed by atoms with Gasteiger partial charge in [0.15, 0.2) is 0 Å². The average molecular weight is 234 g/mol. The molecule has 0 saturated carbocycles. The zero-order chi connectivity index (χ0) is 12.9. The molecule has 0 radical (unpaired) electrons. The van der Waals surface area contributed by atoms with E-state index in [2.05, 4.69) is 0 Å². The summed E-state index contributed by atoms with van der Waals surface area (Å²) in [6.45, 7) is 4.00. The predicted molar refractivity (Wildman–Crippen MR) is 71.3 cm³/mol. The third kappa shape index (κ3) is 6.36. The molecular formula is C15H19FO. The van der Waals surface area contributed by atoms with Gasteiger partial charge in [0.25, 0.3) is 0 Å². The van der Waals surface area contributed by atoms with Crippen LogP contribution >= 0.6 is 0 Å². The molecule has 0 spiro atoms. The van der Waals surface area contributed by atoms with Crippen molar-refractivity contribution in [3.8, 4) is 11.5 Å². The molecule has 0 atom stereocenters. The number of benzene rings is 2. The van der Waals surface area contributed by atoms with Gasteiger partial charge in [-0.25, -0.2) is 0 Å². The minimum Gasteiger partial charge on any atom is -0.457 e. The van der Waals surface area contributed by atoms with Crippen LogP contribution in [0.2, 0.25) is 0 Å². The standard InChI is InChI=1S/C12H10O.C2H6.CH3F/c1-3-7-11(8-4-1)13-12-9-5-2-6-10-12;2*1-2/h1-10H;1-2H3;1H3. The maximum Gasteiger partial charge on any atom is 0.127 e. The van der Waals surface area contributed by atoms with Crippen LogP contribution in [0.4, 0.5) is 4.39 Å². The lowest BCUT2D eigenvalue weighted by atomic mass is 10.3. The van der Waals surface area contributed by atoms with E-state index in [1.807, 2.05) is 74.5 Å². The highest BCUT2D eigenvalue weighted by Crippen LogP contribution is 2.19. The summed E-state index contributed by atoms with van der Waals surface area (Å²) < 4.78 is 15.1. The summed E-state index contributed by atoms with van der Waals surface area (Å²) in [5.74, 6) is 1.74. The van der Waals surface area contributed by atoms with Crippen molar-refractivity contribution in [2.75, 3.05) is 7.18 Å². The van der Waals surface area contributed by atoms with E-state index in [-0.39, 0.29) is 0 Å². The summed E-state index contributed by atoms with van der Waals surface area (Å²) in [5, 5.41) is 0. The van der Waals surface area contributed by atoms with Crippen LogP contribution in [0.1, 0.15) is 13.8 Å². The maximum atomic E-state index is 9.50. The topological polar surface area (TPSA) is 9.23 Å². The van der Waals surface area contributed by atoms with Crippen LogP contribution < -0.4 is 4.74 Å². The smallest absolute Gasteiger partial charge is 0.127 e. The van der Waals surface area contributed by atoms with Gasteiger partial charge in [0.2, 0.25) is 0 Å². The van der Waals surface area contributed by atoms with Gasteiger partial charge in [-0.2, -0.15) is 0 Å². The zero-order valence-corrected chi connectivity index (χ0v) is 10.6. The van der Waals surface area contributed by atoms with Crippen LogP contribution in [0.25, 0.3) is 0 Å². The molecule has 0 aliphatic rings. The monoisotopic (exact) mass is 234 g/mol. The van der Waals surface area contributed by atoms with Crippen molar-refractivity contribution in [3.05, 3.63) is 60.7 Å². The second-order valence-electron chi connectivity index (χ2n) is 2.73. The Labute approximate surface area is 103 Å². The van der Waals surface area contributed by atoms with E-state index >= 15 is 0 Å². The minimum absolute atomic E-state index is 0.500. The highest BCUT2D eigenvalue weighted by Gasteiger charge is 1.92. The Morgan fingerprint density at radius 1 is 0.647 bits per heavy atom. The Morgan fingerprint density at radius 2 is 0.941 bits per heavy atom. The molecule has 0 aliphatic carbocycles. The number of halogens is 1. The quantitative estimate of drug-likeness (QED) is 0.703. The number of hydrogen-bond donors (Lipinski definition) is 0. The molecule has 0 heterocycles. The highest BCUT2D eigenvalue weighted by atomic mass is 19.1. The van der Waals surface area contributed by atoms with E-state index in [9.17, 15) is 4.39 Å². The van der Waals surface area contributed by atoms with Crippen molar-refractivity contribution >= 4 is 0 Å². The van der Waals surface area contributed by atoms with E-state index in [4.69, 9.17) is 4.74 Å². The first-order valence-electron chi connectivity index (χ1n) is 5.61. The maximum absolute atomic E-state index is 9.50. The van der Waals surface area contributed by atoms with Gasteiger partial charge >= 0.3 is 0 Å². The summed E-state index contributed by atoms with van der Waals surface area (Å²) in [7, 11) is 0.500. The fourth-order valence-electron chi connectivity index (χ4n) is 1.11. The summed E-state index contributed by atoms with van der Waals surface area (Å²) in [5.41, 5.74) is 0. The Bertz CT molecular complexity index is 322. The molecule has 1 nitrogen and oxygen atoms in total. The van der Waals surface area contributed by atoms with Crippen molar-refractivity contribution < 1.29 is 9.13 Å². The number of hydrogen-bond acceptors (Lipinski definition) is 1. The lowest BCUT2D eigenvalue weighted by Gasteiger charge is -2.03. The molecule has 2 aromatic carbocycles. The first kappa shape index (κ1) is 15.2. The highest BCUT2D eigenvalue weighted by molar-refractivity contribution is 5.30. The Kier molecular flexibility index (Phi) is 9.53.